The van der Waals surface area contributed by atoms with Crippen LogP contribution >= 0.6 is 0 Å². The lowest BCUT2D eigenvalue weighted by Crippen LogP contribution is -1.97. The van der Waals surface area contributed by atoms with Gasteiger partial charge in [0.2, 0.25) is 5.78 Å². The Hall–Kier alpha value is -2.73. The number of carbonyl (C=O) groups excluding carboxylic acids is 1. The van der Waals surface area contributed by atoms with Gasteiger partial charge in [0.1, 0.15) is 11.5 Å². The molecule has 94 valence electrons. The maximum atomic E-state index is 11.9. The van der Waals surface area contributed by atoms with Crippen molar-refractivity contribution in [2.24, 2.45) is 0 Å². The van der Waals surface area contributed by atoms with Gasteiger partial charge in [0.25, 0.3) is 0 Å². The number of carbonyl (C=O) groups is 1. The number of hydrogen-bond acceptors (Lipinski definition) is 3. The highest BCUT2D eigenvalue weighted by atomic mass is 16.5. The van der Waals surface area contributed by atoms with Crippen LogP contribution in [-0.2, 0) is 0 Å². The predicted octanol–water partition coefficient (Wildman–Crippen LogP) is 2.64. The van der Waals surface area contributed by atoms with E-state index in [9.17, 15) is 9.90 Å². The predicted molar refractivity (Wildman–Crippen MR) is 72.3 cm³/mol. The normalized spacial score (nSPS) is 9.32. The number of rotatable bonds is 2. The molecule has 0 unspecified atom stereocenters. The quantitative estimate of drug-likeness (QED) is 0.660. The Morgan fingerprint density at radius 1 is 1.16 bits per heavy atom. The van der Waals surface area contributed by atoms with Crippen LogP contribution in [0, 0.1) is 11.8 Å². The van der Waals surface area contributed by atoms with E-state index in [1.165, 1.54) is 19.2 Å². The molecule has 2 aromatic rings. The first-order valence-corrected chi connectivity index (χ1v) is 5.69. The number of ketones is 1. The van der Waals surface area contributed by atoms with E-state index in [4.69, 9.17) is 4.74 Å². The molecule has 0 spiro atoms. The van der Waals surface area contributed by atoms with Gasteiger partial charge in [-0.05, 0) is 36.3 Å². The minimum absolute atomic E-state index is 0.104. The van der Waals surface area contributed by atoms with Crippen LogP contribution in [0.1, 0.15) is 15.9 Å². The van der Waals surface area contributed by atoms with E-state index in [0.717, 1.165) is 5.56 Å². The SMILES string of the molecule is COc1ccc(O)c(C(=O)C#Cc2ccccc2)c1. The van der Waals surface area contributed by atoms with Crippen molar-refractivity contribution in [3.05, 3.63) is 59.7 Å². The van der Waals surface area contributed by atoms with Gasteiger partial charge >= 0.3 is 0 Å². The average molecular weight is 252 g/mol. The third-order valence-corrected chi connectivity index (χ3v) is 2.54. The van der Waals surface area contributed by atoms with E-state index in [-0.39, 0.29) is 11.3 Å². The molecular weight excluding hydrogens is 240 g/mol. The molecule has 0 aliphatic carbocycles. The second kappa shape index (κ2) is 5.74. The topological polar surface area (TPSA) is 46.5 Å². The maximum absolute atomic E-state index is 11.9. The van der Waals surface area contributed by atoms with E-state index in [0.29, 0.717) is 5.75 Å². The van der Waals surface area contributed by atoms with Crippen LogP contribution in [0.3, 0.4) is 0 Å². The van der Waals surface area contributed by atoms with Crippen molar-refractivity contribution in [1.29, 1.82) is 0 Å². The molecule has 0 saturated heterocycles. The highest BCUT2D eigenvalue weighted by Crippen LogP contribution is 2.22. The average Bonchev–Trinajstić information content (AvgIpc) is 2.46. The van der Waals surface area contributed by atoms with Crippen LogP contribution in [0.5, 0.6) is 11.5 Å². The summed E-state index contributed by atoms with van der Waals surface area (Å²) in [5.41, 5.74) is 0.890. The number of phenols is 1. The first-order chi connectivity index (χ1) is 9.20. The van der Waals surface area contributed by atoms with Crippen LogP contribution in [0.2, 0.25) is 0 Å². The lowest BCUT2D eigenvalue weighted by molar-refractivity contribution is 0.105. The molecule has 0 radical (unpaired) electrons. The monoisotopic (exact) mass is 252 g/mol. The molecule has 0 bridgehead atoms. The van der Waals surface area contributed by atoms with Crippen molar-refractivity contribution in [2.75, 3.05) is 7.11 Å². The maximum Gasteiger partial charge on any atom is 0.240 e. The van der Waals surface area contributed by atoms with Gasteiger partial charge in [0.15, 0.2) is 0 Å². The first kappa shape index (κ1) is 12.7. The fraction of sp³-hybridized carbons (Fsp3) is 0.0625. The van der Waals surface area contributed by atoms with Crippen LogP contribution in [0.4, 0.5) is 0 Å². The Morgan fingerprint density at radius 2 is 1.89 bits per heavy atom. The summed E-state index contributed by atoms with van der Waals surface area (Å²) in [5, 5.41) is 9.65. The molecule has 3 heteroatoms. The van der Waals surface area contributed by atoms with Crippen LogP contribution in [0.15, 0.2) is 48.5 Å². The Labute approximate surface area is 111 Å². The Bertz CT molecular complexity index is 649. The third kappa shape index (κ3) is 3.14. The Morgan fingerprint density at radius 3 is 2.58 bits per heavy atom. The van der Waals surface area contributed by atoms with Crippen LogP contribution in [0.25, 0.3) is 0 Å². The molecule has 0 heterocycles. The smallest absolute Gasteiger partial charge is 0.240 e. The van der Waals surface area contributed by atoms with E-state index >= 15 is 0 Å². The van der Waals surface area contributed by atoms with Crippen molar-refractivity contribution >= 4 is 5.78 Å². The first-order valence-electron chi connectivity index (χ1n) is 5.69. The van der Waals surface area contributed by atoms with Gasteiger partial charge in [-0.15, -0.1) is 0 Å². The van der Waals surface area contributed by atoms with E-state index in [1.807, 2.05) is 30.3 Å². The molecule has 0 atom stereocenters. The van der Waals surface area contributed by atoms with Gasteiger partial charge in [0.05, 0.1) is 12.7 Å². The zero-order valence-corrected chi connectivity index (χ0v) is 10.4. The number of aromatic hydroxyl groups is 1. The largest absolute Gasteiger partial charge is 0.507 e. The number of ether oxygens (including phenoxy) is 1. The molecule has 3 nitrogen and oxygen atoms in total. The fourth-order valence-electron chi connectivity index (χ4n) is 1.54. The zero-order valence-electron chi connectivity index (χ0n) is 10.4. The van der Waals surface area contributed by atoms with Crippen molar-refractivity contribution in [2.45, 2.75) is 0 Å². The molecular formula is C16H12O3. The lowest BCUT2D eigenvalue weighted by Gasteiger charge is -2.03. The van der Waals surface area contributed by atoms with Gasteiger partial charge in [-0.3, -0.25) is 4.79 Å². The minimum atomic E-state index is -0.444. The van der Waals surface area contributed by atoms with Crippen LogP contribution < -0.4 is 4.74 Å². The number of methoxy groups -OCH3 is 1. The van der Waals surface area contributed by atoms with Crippen molar-refractivity contribution in [3.8, 4) is 23.3 Å². The summed E-state index contributed by atoms with van der Waals surface area (Å²) in [6, 6.07) is 13.7. The summed E-state index contributed by atoms with van der Waals surface area (Å²) in [7, 11) is 1.50. The second-order valence-corrected chi connectivity index (χ2v) is 3.83. The summed E-state index contributed by atoms with van der Waals surface area (Å²) in [6.45, 7) is 0. The molecule has 0 saturated carbocycles. The molecule has 2 rings (SSSR count). The molecule has 1 N–H and O–H groups in total. The van der Waals surface area contributed by atoms with Gasteiger partial charge in [-0.1, -0.05) is 24.1 Å². The second-order valence-electron chi connectivity index (χ2n) is 3.83. The van der Waals surface area contributed by atoms with Gasteiger partial charge in [-0.25, -0.2) is 0 Å². The van der Waals surface area contributed by atoms with Crippen LogP contribution in [-0.4, -0.2) is 18.0 Å². The van der Waals surface area contributed by atoms with Crippen molar-refractivity contribution < 1.29 is 14.6 Å². The standard InChI is InChI=1S/C16H12O3/c1-19-13-8-10-16(18)14(11-13)15(17)9-7-12-5-3-2-4-6-12/h2-6,8,10-11,18H,1H3. The summed E-state index contributed by atoms with van der Waals surface area (Å²) in [4.78, 5) is 11.9. The summed E-state index contributed by atoms with van der Waals surface area (Å²) in [5.74, 6) is 5.21. The Balaban J connectivity index is 2.28. The molecule has 0 aliphatic heterocycles. The minimum Gasteiger partial charge on any atom is -0.507 e. The zero-order chi connectivity index (χ0) is 13.7. The van der Waals surface area contributed by atoms with Gasteiger partial charge < -0.3 is 9.84 Å². The summed E-state index contributed by atoms with van der Waals surface area (Å²) < 4.78 is 5.01. The molecule has 0 aromatic heterocycles. The molecule has 2 aromatic carbocycles. The number of Topliss-reactive ketones (excluding diaryl/α,β-unsaturated/α-hetero) is 1. The Kier molecular flexibility index (Phi) is 3.84. The highest BCUT2D eigenvalue weighted by molar-refractivity contribution is 6.11. The lowest BCUT2D eigenvalue weighted by atomic mass is 10.1. The van der Waals surface area contributed by atoms with E-state index < -0.39 is 5.78 Å². The number of phenolic OH excluding ortho intramolecular Hbond substituents is 1. The molecule has 0 amide bonds. The highest BCUT2D eigenvalue weighted by Gasteiger charge is 2.09. The molecule has 0 aliphatic rings. The van der Waals surface area contributed by atoms with Gasteiger partial charge in [-0.2, -0.15) is 0 Å². The number of hydrogen-bond donors (Lipinski definition) is 1. The van der Waals surface area contributed by atoms with E-state index in [2.05, 4.69) is 11.8 Å². The molecule has 19 heavy (non-hydrogen) atoms. The fourth-order valence-corrected chi connectivity index (χ4v) is 1.54. The van der Waals surface area contributed by atoms with Gasteiger partial charge in [0, 0.05) is 5.56 Å². The third-order valence-electron chi connectivity index (χ3n) is 2.54. The molecule has 0 fully saturated rings. The number of benzene rings is 2. The van der Waals surface area contributed by atoms with Crippen molar-refractivity contribution in [3.63, 3.8) is 0 Å². The summed E-state index contributed by atoms with van der Waals surface area (Å²) in [6.07, 6.45) is 0. The van der Waals surface area contributed by atoms with Crippen molar-refractivity contribution in [1.82, 2.24) is 0 Å². The summed E-state index contributed by atoms with van der Waals surface area (Å²) >= 11 is 0. The van der Waals surface area contributed by atoms with E-state index in [1.54, 1.807) is 6.07 Å².